The van der Waals surface area contributed by atoms with Crippen LogP contribution in [-0.2, 0) is 6.54 Å². The number of hydrogen-bond acceptors (Lipinski definition) is 7. The Hall–Kier alpha value is -2.19. The van der Waals surface area contributed by atoms with Crippen molar-refractivity contribution in [2.24, 2.45) is 5.84 Å². The molecule has 0 atom stereocenters. The minimum atomic E-state index is 0.577. The molecule has 0 aliphatic rings. The molecule has 3 rings (SSSR count). The maximum absolute atomic E-state index is 5.41. The van der Waals surface area contributed by atoms with Gasteiger partial charge in [-0.2, -0.15) is 0 Å². The van der Waals surface area contributed by atoms with Crippen LogP contribution in [0.15, 0.2) is 24.8 Å². The number of hydrazine groups is 1. The lowest BCUT2D eigenvalue weighted by atomic mass is 10.5. The zero-order chi connectivity index (χ0) is 13.2. The molecule has 0 fully saturated rings. The fourth-order valence-corrected chi connectivity index (χ4v) is 2.51. The Morgan fingerprint density at radius 1 is 1.42 bits per heavy atom. The molecule has 4 N–H and O–H groups in total. The molecule has 0 aliphatic carbocycles. The first kappa shape index (κ1) is 11.9. The molecule has 0 aliphatic heterocycles. The summed E-state index contributed by atoms with van der Waals surface area (Å²) in [6, 6.07) is 0. The highest BCUT2D eigenvalue weighted by Crippen LogP contribution is 2.18. The van der Waals surface area contributed by atoms with E-state index in [9.17, 15) is 0 Å². The van der Waals surface area contributed by atoms with Crippen LogP contribution in [0.3, 0.4) is 0 Å². The van der Waals surface area contributed by atoms with E-state index in [1.807, 2.05) is 23.7 Å². The van der Waals surface area contributed by atoms with Crippen molar-refractivity contribution in [3.05, 3.63) is 34.7 Å². The van der Waals surface area contributed by atoms with E-state index in [0.717, 1.165) is 15.5 Å². The monoisotopic (exact) mass is 275 g/mol. The number of nitrogens with one attached hydrogen (secondary N) is 2. The standard InChI is InChI=1S/C11H13N7S/c1-7-14-4-8(19-7)5-15-10-11-13-2-3-18(11)6-9(16-10)17-12/h2-4,6,17H,5,12H2,1H3,(H,15,16). The number of imidazole rings is 1. The van der Waals surface area contributed by atoms with Crippen molar-refractivity contribution in [1.82, 2.24) is 19.4 Å². The number of rotatable bonds is 4. The minimum absolute atomic E-state index is 0.577. The normalized spacial score (nSPS) is 10.8. The van der Waals surface area contributed by atoms with Gasteiger partial charge in [-0.1, -0.05) is 0 Å². The van der Waals surface area contributed by atoms with Gasteiger partial charge in [0, 0.05) is 23.5 Å². The summed E-state index contributed by atoms with van der Waals surface area (Å²) in [5, 5.41) is 4.31. The van der Waals surface area contributed by atoms with Gasteiger partial charge in [0.1, 0.15) is 0 Å². The van der Waals surface area contributed by atoms with Crippen molar-refractivity contribution in [3.8, 4) is 0 Å². The van der Waals surface area contributed by atoms with Crippen LogP contribution in [-0.4, -0.2) is 19.4 Å². The Balaban J connectivity index is 1.88. The predicted molar refractivity (Wildman–Crippen MR) is 75.0 cm³/mol. The van der Waals surface area contributed by atoms with Crippen LogP contribution in [0.2, 0.25) is 0 Å². The molecule has 0 spiro atoms. The summed E-state index contributed by atoms with van der Waals surface area (Å²) >= 11 is 1.66. The summed E-state index contributed by atoms with van der Waals surface area (Å²) in [5.74, 6) is 6.67. The van der Waals surface area contributed by atoms with E-state index < -0.39 is 0 Å². The second kappa shape index (κ2) is 4.82. The first-order chi connectivity index (χ1) is 9.26. The predicted octanol–water partition coefficient (Wildman–Crippen LogP) is 1.39. The summed E-state index contributed by atoms with van der Waals surface area (Å²) in [5.41, 5.74) is 3.31. The number of nitrogens with two attached hydrogens (primary N) is 1. The third-order valence-corrected chi connectivity index (χ3v) is 3.53. The van der Waals surface area contributed by atoms with Crippen LogP contribution in [0.25, 0.3) is 5.65 Å². The Bertz CT molecular complexity index is 702. The molecular formula is C11H13N7S. The van der Waals surface area contributed by atoms with E-state index >= 15 is 0 Å². The number of aryl methyl sites for hydroxylation is 1. The molecule has 0 aromatic carbocycles. The highest BCUT2D eigenvalue weighted by Gasteiger charge is 2.07. The third kappa shape index (κ3) is 2.35. The van der Waals surface area contributed by atoms with Crippen molar-refractivity contribution in [2.75, 3.05) is 10.7 Å². The van der Waals surface area contributed by atoms with Gasteiger partial charge in [0.05, 0.1) is 17.7 Å². The number of thiazole rings is 1. The number of hydrogen-bond donors (Lipinski definition) is 3. The molecule has 0 amide bonds. The highest BCUT2D eigenvalue weighted by atomic mass is 32.1. The van der Waals surface area contributed by atoms with Crippen LogP contribution < -0.4 is 16.6 Å². The quantitative estimate of drug-likeness (QED) is 0.492. The summed E-state index contributed by atoms with van der Waals surface area (Å²) in [6.45, 7) is 2.65. The number of anilines is 2. The zero-order valence-electron chi connectivity index (χ0n) is 10.3. The van der Waals surface area contributed by atoms with Crippen LogP contribution in [0.5, 0.6) is 0 Å². The first-order valence-electron chi connectivity index (χ1n) is 5.72. The molecule has 7 nitrogen and oxygen atoms in total. The Labute approximate surface area is 113 Å². The van der Waals surface area contributed by atoms with Crippen LogP contribution in [0, 0.1) is 6.92 Å². The second-order valence-corrected chi connectivity index (χ2v) is 5.30. The SMILES string of the molecule is Cc1ncc(CNc2nc(NN)cn3ccnc23)s1. The zero-order valence-corrected chi connectivity index (χ0v) is 11.1. The highest BCUT2D eigenvalue weighted by molar-refractivity contribution is 7.11. The fraction of sp³-hybridized carbons (Fsp3) is 0.182. The third-order valence-electron chi connectivity index (χ3n) is 2.62. The summed E-state index contributed by atoms with van der Waals surface area (Å²) in [6.07, 6.45) is 7.21. The van der Waals surface area contributed by atoms with Gasteiger partial charge in [-0.05, 0) is 6.92 Å². The van der Waals surface area contributed by atoms with Gasteiger partial charge in [-0.3, -0.25) is 0 Å². The molecule has 0 unspecified atom stereocenters. The minimum Gasteiger partial charge on any atom is -0.362 e. The lowest BCUT2D eigenvalue weighted by Crippen LogP contribution is -2.11. The van der Waals surface area contributed by atoms with Gasteiger partial charge < -0.3 is 15.1 Å². The summed E-state index contributed by atoms with van der Waals surface area (Å²) in [7, 11) is 0. The maximum Gasteiger partial charge on any atom is 0.180 e. The van der Waals surface area contributed by atoms with Crippen molar-refractivity contribution in [2.45, 2.75) is 13.5 Å². The molecular weight excluding hydrogens is 262 g/mol. The van der Waals surface area contributed by atoms with E-state index in [-0.39, 0.29) is 0 Å². The molecule has 98 valence electrons. The van der Waals surface area contributed by atoms with Gasteiger partial charge in [-0.15, -0.1) is 11.3 Å². The number of fused-ring (bicyclic) bond motifs is 1. The Morgan fingerprint density at radius 3 is 3.05 bits per heavy atom. The number of aromatic nitrogens is 4. The number of nitrogens with zero attached hydrogens (tertiary/aromatic N) is 4. The van der Waals surface area contributed by atoms with Crippen molar-refractivity contribution < 1.29 is 0 Å². The van der Waals surface area contributed by atoms with Crippen molar-refractivity contribution in [3.63, 3.8) is 0 Å². The van der Waals surface area contributed by atoms with E-state index in [1.54, 1.807) is 23.7 Å². The van der Waals surface area contributed by atoms with Crippen molar-refractivity contribution in [1.29, 1.82) is 0 Å². The van der Waals surface area contributed by atoms with Gasteiger partial charge in [0.15, 0.2) is 17.3 Å². The van der Waals surface area contributed by atoms with Crippen LogP contribution in [0.4, 0.5) is 11.6 Å². The molecule has 0 radical (unpaired) electrons. The lowest BCUT2D eigenvalue weighted by molar-refractivity contribution is 1.07. The van der Waals surface area contributed by atoms with Gasteiger partial charge in [0.25, 0.3) is 0 Å². The van der Waals surface area contributed by atoms with E-state index in [0.29, 0.717) is 18.2 Å². The van der Waals surface area contributed by atoms with Crippen LogP contribution >= 0.6 is 11.3 Å². The Morgan fingerprint density at radius 2 is 2.32 bits per heavy atom. The van der Waals surface area contributed by atoms with Gasteiger partial charge in [-0.25, -0.2) is 20.8 Å². The van der Waals surface area contributed by atoms with Gasteiger partial charge >= 0.3 is 0 Å². The topological polar surface area (TPSA) is 93.2 Å². The molecule has 0 bridgehead atoms. The largest absolute Gasteiger partial charge is 0.362 e. The second-order valence-electron chi connectivity index (χ2n) is 3.98. The van der Waals surface area contributed by atoms with E-state index in [2.05, 4.69) is 25.7 Å². The average molecular weight is 275 g/mol. The summed E-state index contributed by atoms with van der Waals surface area (Å²) < 4.78 is 1.86. The fourth-order valence-electron chi connectivity index (χ4n) is 1.78. The summed E-state index contributed by atoms with van der Waals surface area (Å²) in [4.78, 5) is 14.0. The smallest absolute Gasteiger partial charge is 0.180 e. The molecule has 3 aromatic rings. The van der Waals surface area contributed by atoms with Crippen molar-refractivity contribution >= 4 is 28.6 Å². The molecule has 8 heteroatoms. The maximum atomic E-state index is 5.41. The average Bonchev–Trinajstić information content (AvgIpc) is 3.04. The van der Waals surface area contributed by atoms with Gasteiger partial charge in [0.2, 0.25) is 0 Å². The first-order valence-corrected chi connectivity index (χ1v) is 6.53. The number of nitrogen functional groups attached to an aromatic ring is 1. The van der Waals surface area contributed by atoms with Crippen LogP contribution in [0.1, 0.15) is 9.88 Å². The molecule has 19 heavy (non-hydrogen) atoms. The molecule has 3 heterocycles. The van der Waals surface area contributed by atoms with E-state index in [4.69, 9.17) is 5.84 Å². The molecule has 0 saturated heterocycles. The van der Waals surface area contributed by atoms with E-state index in [1.165, 1.54) is 0 Å². The lowest BCUT2D eigenvalue weighted by Gasteiger charge is -2.08. The molecule has 0 saturated carbocycles. The molecule has 3 aromatic heterocycles. The Kier molecular flexibility index (Phi) is 3.02.